The number of ether oxygens (including phenoxy) is 2. The Morgan fingerprint density at radius 3 is 3.04 bits per heavy atom. The molecule has 6 heteroatoms. The van der Waals surface area contributed by atoms with Crippen molar-refractivity contribution in [3.05, 3.63) is 53.6 Å². The number of fused-ring (bicyclic) bond motifs is 1. The fraction of sp³-hybridized carbons (Fsp3) is 0.278. The molecule has 4 rings (SSSR count). The third-order valence-electron chi connectivity index (χ3n) is 4.21. The number of pyridine rings is 1. The second-order valence-corrected chi connectivity index (χ2v) is 6.35. The number of aromatic nitrogens is 2. The van der Waals surface area contributed by atoms with Crippen LogP contribution in [0.4, 0.5) is 4.39 Å². The summed E-state index contributed by atoms with van der Waals surface area (Å²) in [6, 6.07) is 8.10. The van der Waals surface area contributed by atoms with Crippen molar-refractivity contribution in [1.82, 2.24) is 9.61 Å². The highest BCUT2D eigenvalue weighted by molar-refractivity contribution is 6.31. The zero-order valence-corrected chi connectivity index (χ0v) is 13.7. The molecule has 0 radical (unpaired) electrons. The summed E-state index contributed by atoms with van der Waals surface area (Å²) in [5.41, 5.74) is 2.27. The lowest BCUT2D eigenvalue weighted by Crippen LogP contribution is -2.12. The monoisotopic (exact) mass is 346 g/mol. The standard InChI is InChI=1S/C18H16ClFN2O2/c19-13-3-5-22-17(7-13)16(9-21-22)15-8-14(20)1-2-18(15)24-11-12-4-6-23-10-12/h1-3,5,7-9,12H,4,6,10-11H2. The minimum atomic E-state index is -0.317. The number of halogens is 2. The molecule has 1 unspecified atom stereocenters. The molecule has 0 bridgehead atoms. The first-order valence-electron chi connectivity index (χ1n) is 7.84. The molecule has 0 amide bonds. The molecule has 24 heavy (non-hydrogen) atoms. The van der Waals surface area contributed by atoms with E-state index in [4.69, 9.17) is 21.1 Å². The molecule has 1 fully saturated rings. The van der Waals surface area contributed by atoms with Gasteiger partial charge in [0.2, 0.25) is 0 Å². The molecule has 3 aromatic rings. The SMILES string of the molecule is Fc1ccc(OCC2CCOC2)c(-c2cnn3ccc(Cl)cc23)c1. The van der Waals surface area contributed by atoms with Crippen LogP contribution in [-0.2, 0) is 4.74 Å². The number of nitrogens with zero attached hydrogens (tertiary/aromatic N) is 2. The van der Waals surface area contributed by atoms with Gasteiger partial charge in [-0.25, -0.2) is 8.91 Å². The predicted octanol–water partition coefficient (Wildman–Crippen LogP) is 4.21. The van der Waals surface area contributed by atoms with Crippen LogP contribution in [0.2, 0.25) is 5.02 Å². The van der Waals surface area contributed by atoms with Crippen LogP contribution >= 0.6 is 11.6 Å². The van der Waals surface area contributed by atoms with Gasteiger partial charge >= 0.3 is 0 Å². The molecule has 3 heterocycles. The van der Waals surface area contributed by atoms with Crippen LogP contribution in [0.25, 0.3) is 16.6 Å². The highest BCUT2D eigenvalue weighted by Crippen LogP contribution is 2.34. The summed E-state index contributed by atoms with van der Waals surface area (Å²) in [6.45, 7) is 2.04. The predicted molar refractivity (Wildman–Crippen MR) is 90.0 cm³/mol. The molecule has 1 saturated heterocycles. The van der Waals surface area contributed by atoms with E-state index in [9.17, 15) is 4.39 Å². The van der Waals surface area contributed by atoms with Gasteiger partial charge in [-0.15, -0.1) is 0 Å². The van der Waals surface area contributed by atoms with Gasteiger partial charge in [0.05, 0.1) is 24.9 Å². The van der Waals surface area contributed by atoms with E-state index in [0.29, 0.717) is 35.5 Å². The minimum absolute atomic E-state index is 0.317. The van der Waals surface area contributed by atoms with Gasteiger partial charge in [0.15, 0.2) is 0 Å². The van der Waals surface area contributed by atoms with Gasteiger partial charge < -0.3 is 9.47 Å². The van der Waals surface area contributed by atoms with E-state index in [1.54, 1.807) is 29.0 Å². The zero-order chi connectivity index (χ0) is 16.5. The molecular weight excluding hydrogens is 331 g/mol. The quantitative estimate of drug-likeness (QED) is 0.710. The van der Waals surface area contributed by atoms with E-state index in [-0.39, 0.29) is 5.82 Å². The lowest BCUT2D eigenvalue weighted by atomic mass is 10.1. The van der Waals surface area contributed by atoms with Crippen molar-refractivity contribution in [3.63, 3.8) is 0 Å². The van der Waals surface area contributed by atoms with Crippen molar-refractivity contribution in [3.8, 4) is 16.9 Å². The van der Waals surface area contributed by atoms with Crippen molar-refractivity contribution >= 4 is 17.1 Å². The van der Waals surface area contributed by atoms with E-state index >= 15 is 0 Å². The summed E-state index contributed by atoms with van der Waals surface area (Å²) in [7, 11) is 0. The van der Waals surface area contributed by atoms with Gasteiger partial charge in [0, 0.05) is 34.9 Å². The van der Waals surface area contributed by atoms with Crippen LogP contribution < -0.4 is 4.74 Å². The summed E-state index contributed by atoms with van der Waals surface area (Å²) in [6.07, 6.45) is 4.46. The van der Waals surface area contributed by atoms with Crippen LogP contribution in [0.15, 0.2) is 42.7 Å². The number of rotatable bonds is 4. The zero-order valence-electron chi connectivity index (χ0n) is 12.9. The highest BCUT2D eigenvalue weighted by atomic mass is 35.5. The third-order valence-corrected chi connectivity index (χ3v) is 4.45. The Balaban J connectivity index is 1.72. The van der Waals surface area contributed by atoms with E-state index in [2.05, 4.69) is 5.10 Å². The molecule has 1 aliphatic rings. The number of hydrogen-bond acceptors (Lipinski definition) is 3. The maximum atomic E-state index is 13.8. The summed E-state index contributed by atoms with van der Waals surface area (Å²) in [5, 5.41) is 4.91. The average Bonchev–Trinajstić information content (AvgIpc) is 3.22. The molecule has 1 atom stereocenters. The normalized spacial score (nSPS) is 17.5. The Kier molecular flexibility index (Phi) is 4.12. The Morgan fingerprint density at radius 2 is 2.21 bits per heavy atom. The van der Waals surface area contributed by atoms with Crippen molar-refractivity contribution in [1.29, 1.82) is 0 Å². The lowest BCUT2D eigenvalue weighted by Gasteiger charge is -2.14. The van der Waals surface area contributed by atoms with Gasteiger partial charge in [-0.2, -0.15) is 5.10 Å². The second-order valence-electron chi connectivity index (χ2n) is 5.91. The number of hydrogen-bond donors (Lipinski definition) is 0. The second kappa shape index (κ2) is 6.42. The molecule has 0 aliphatic carbocycles. The summed E-state index contributed by atoms with van der Waals surface area (Å²) < 4.78 is 26.9. The van der Waals surface area contributed by atoms with Crippen molar-refractivity contribution in [2.45, 2.75) is 6.42 Å². The first-order chi connectivity index (χ1) is 11.7. The first-order valence-corrected chi connectivity index (χ1v) is 8.22. The third kappa shape index (κ3) is 2.97. The van der Waals surface area contributed by atoms with Crippen LogP contribution in [0.3, 0.4) is 0 Å². The molecule has 2 aromatic heterocycles. The fourth-order valence-corrected chi connectivity index (χ4v) is 3.08. The first kappa shape index (κ1) is 15.4. The molecule has 0 saturated carbocycles. The summed E-state index contributed by atoms with van der Waals surface area (Å²) in [4.78, 5) is 0. The Hall–Kier alpha value is -2.11. The minimum Gasteiger partial charge on any atom is -0.493 e. The topological polar surface area (TPSA) is 35.8 Å². The van der Waals surface area contributed by atoms with Crippen molar-refractivity contribution < 1.29 is 13.9 Å². The molecule has 1 aliphatic heterocycles. The van der Waals surface area contributed by atoms with Crippen molar-refractivity contribution in [2.24, 2.45) is 5.92 Å². The molecule has 124 valence electrons. The molecular formula is C18H16ClFN2O2. The maximum Gasteiger partial charge on any atom is 0.127 e. The summed E-state index contributed by atoms with van der Waals surface area (Å²) >= 11 is 6.09. The van der Waals surface area contributed by atoms with Gasteiger partial charge in [-0.3, -0.25) is 0 Å². The summed E-state index contributed by atoms with van der Waals surface area (Å²) in [5.74, 6) is 0.697. The van der Waals surface area contributed by atoms with Gasteiger partial charge in [0.1, 0.15) is 11.6 Å². The van der Waals surface area contributed by atoms with E-state index in [1.165, 1.54) is 12.1 Å². The van der Waals surface area contributed by atoms with Crippen LogP contribution in [0.5, 0.6) is 5.75 Å². The van der Waals surface area contributed by atoms with Crippen LogP contribution in [0.1, 0.15) is 6.42 Å². The Bertz CT molecular complexity index is 875. The molecule has 0 N–H and O–H groups in total. The van der Waals surface area contributed by atoms with Gasteiger partial charge in [-0.05, 0) is 36.8 Å². The molecule has 1 aromatic carbocycles. The Labute approximate surface area is 143 Å². The average molecular weight is 347 g/mol. The van der Waals surface area contributed by atoms with E-state index in [1.807, 2.05) is 6.07 Å². The largest absolute Gasteiger partial charge is 0.493 e. The smallest absolute Gasteiger partial charge is 0.127 e. The van der Waals surface area contributed by atoms with E-state index < -0.39 is 0 Å². The van der Waals surface area contributed by atoms with E-state index in [0.717, 1.165) is 24.1 Å². The molecule has 0 spiro atoms. The molecule has 4 nitrogen and oxygen atoms in total. The lowest BCUT2D eigenvalue weighted by molar-refractivity contribution is 0.167. The fourth-order valence-electron chi connectivity index (χ4n) is 2.92. The van der Waals surface area contributed by atoms with Gasteiger partial charge in [-0.1, -0.05) is 11.6 Å². The van der Waals surface area contributed by atoms with Crippen LogP contribution in [0, 0.1) is 11.7 Å². The maximum absolute atomic E-state index is 13.8. The Morgan fingerprint density at radius 1 is 1.29 bits per heavy atom. The van der Waals surface area contributed by atoms with Crippen LogP contribution in [-0.4, -0.2) is 29.4 Å². The van der Waals surface area contributed by atoms with Gasteiger partial charge in [0.25, 0.3) is 0 Å². The number of benzene rings is 1. The highest BCUT2D eigenvalue weighted by Gasteiger charge is 2.18. The van der Waals surface area contributed by atoms with Crippen molar-refractivity contribution in [2.75, 3.05) is 19.8 Å².